The number of unbranched alkanes of at least 4 members (excludes halogenated alkanes) is 2. The average molecular weight is 1840 g/mol. The van der Waals surface area contributed by atoms with Gasteiger partial charge in [-0.1, -0.05) is 88.1 Å². The van der Waals surface area contributed by atoms with E-state index in [4.69, 9.17) is 11.5 Å². The fourth-order valence-electron chi connectivity index (χ4n) is 16.3. The molecule has 710 valence electrons. The molecule has 9 rings (SSSR count). The number of H-pyrrole nitrogens is 2. The summed E-state index contributed by atoms with van der Waals surface area (Å²) in [5, 5.41) is 70.3. The van der Waals surface area contributed by atoms with Crippen LogP contribution in [0, 0.1) is 0 Å². The maximum atomic E-state index is 15.6. The molecule has 16 amide bonds. The lowest BCUT2D eigenvalue weighted by molar-refractivity contribution is -0.149. The molecule has 41 nitrogen and oxygen atoms in total. The van der Waals surface area contributed by atoms with Crippen molar-refractivity contribution in [2.45, 2.75) is 234 Å². The second-order valence-electron chi connectivity index (χ2n) is 33.5. The minimum absolute atomic E-state index is 0.00267. The summed E-state index contributed by atoms with van der Waals surface area (Å²) in [5.74, 6) is -17.1. The van der Waals surface area contributed by atoms with Crippen molar-refractivity contribution >= 4 is 140 Å². The molecule has 5 aromatic rings. The molecule has 20 N–H and O–H groups in total. The van der Waals surface area contributed by atoms with Gasteiger partial charge >= 0.3 is 5.97 Å². The number of nitrogens with two attached hydrogens (primary N) is 2. The topological polar surface area (TPSA) is 604 Å². The van der Waals surface area contributed by atoms with E-state index < -0.39 is 242 Å². The summed E-state index contributed by atoms with van der Waals surface area (Å²) in [4.78, 5) is 264. The maximum absolute atomic E-state index is 15.6. The van der Waals surface area contributed by atoms with Crippen molar-refractivity contribution in [2.75, 3.05) is 65.4 Å². The molecule has 2 aromatic heterocycles. The summed E-state index contributed by atoms with van der Waals surface area (Å²) in [5.41, 5.74) is 14.7. The molecule has 3 saturated heterocycles. The Morgan fingerprint density at radius 1 is 0.557 bits per heavy atom. The van der Waals surface area contributed by atoms with Crippen LogP contribution in [-0.2, 0) is 101 Å². The highest BCUT2D eigenvalue weighted by Crippen LogP contribution is 2.28. The molecule has 0 spiro atoms. The van der Waals surface area contributed by atoms with Crippen molar-refractivity contribution in [3.63, 3.8) is 0 Å². The number of aliphatic hydroxyl groups is 2. The van der Waals surface area contributed by atoms with Crippen molar-refractivity contribution in [3.8, 4) is 5.75 Å². The van der Waals surface area contributed by atoms with Gasteiger partial charge in [-0.05, 0) is 118 Å². The predicted molar refractivity (Wildman–Crippen MR) is 482 cm³/mol. The van der Waals surface area contributed by atoms with Gasteiger partial charge in [0.2, 0.25) is 94.5 Å². The number of aromatic amines is 2. The van der Waals surface area contributed by atoms with Gasteiger partial charge in [0.05, 0.1) is 25.0 Å². The van der Waals surface area contributed by atoms with Gasteiger partial charge in [-0.15, -0.1) is 11.8 Å². The lowest BCUT2D eigenvalue weighted by Crippen LogP contribution is -2.61. The molecule has 6 heterocycles. The number of carboxylic acids is 1. The number of nitrogens with zero attached hydrogens (tertiary/aromatic N) is 6. The third kappa shape index (κ3) is 27.9. The number of phenols is 1. The third-order valence-electron chi connectivity index (χ3n) is 23.9. The van der Waals surface area contributed by atoms with Crippen molar-refractivity contribution in [1.82, 2.24) is 87.6 Å². The standard InChI is InChI=1S/C89H122N20O21S/c1-8-10-23-69-82(123)96-49(3)76(117)104-68(78(119)95-44-73(91)113)47-131-48-74(114)97-65(36-51-26-28-55(111)29-27-51)85(126)105(5)50(4)77(118)98-62(30-31-75(115)116)87(128)108-35-17-25-70(108)83(124)100-63(37-52-32-34-92-41-52)79(120)99-61(22-16-33-90)88(129)109-45-56(112)40-72(109)84(125)101-64(38-53-42-93-59-20-14-12-18-57(53)59)80(121)103-67(46-110)81(122)102-66(39-54-43-94-60-21-15-13-19-58(54)60)86(127)107(7)71(24-11-9-2)89(130)106(69)6/h12-15,18-21,26-29,34,41-43,49-50,56,61-72,93-94,110-112H,8-11,16-17,22-25,30-33,35-40,44-48,90H2,1-7H3,(H2,91,113)(H,95,119)(H,96,123)(H,97,114)(H,98,118)(H,99,120)(H,100,124)(H,101,125)(H,102,122)(H,103,121)(H,104,117)(H,115,116)/t49-,50-,56+,61-,62-,63-,64-,65-,66-,67-,68-,69-,70-,71-,72-/m0/s1. The van der Waals surface area contributed by atoms with Gasteiger partial charge in [0.1, 0.15) is 90.3 Å². The number of para-hydroxylation sites is 2. The van der Waals surface area contributed by atoms with Crippen molar-refractivity contribution in [1.29, 1.82) is 0 Å². The number of amides is 16. The molecule has 0 radical (unpaired) electrons. The van der Waals surface area contributed by atoms with Crippen LogP contribution in [0.3, 0.4) is 0 Å². The van der Waals surface area contributed by atoms with Crippen LogP contribution >= 0.6 is 11.8 Å². The number of primary amides is 1. The van der Waals surface area contributed by atoms with Gasteiger partial charge < -0.3 is 120 Å². The number of likely N-dealkylation sites (N-methyl/N-ethyl adjacent to an activating group) is 3. The molecular formula is C89H122N20O21S. The molecule has 3 aromatic carbocycles. The minimum Gasteiger partial charge on any atom is -0.508 e. The van der Waals surface area contributed by atoms with Gasteiger partial charge in [-0.2, -0.15) is 0 Å². The number of carbonyl (C=O) groups excluding carboxylic acids is 16. The fourth-order valence-corrected chi connectivity index (χ4v) is 17.2. The number of thioether (sulfide) groups is 1. The van der Waals surface area contributed by atoms with E-state index >= 15 is 33.6 Å². The molecular weight excluding hydrogens is 1720 g/mol. The van der Waals surface area contributed by atoms with Crippen LogP contribution in [0.25, 0.3) is 21.8 Å². The number of hydrogen-bond acceptors (Lipinski definition) is 23. The molecule has 42 heteroatoms. The zero-order valence-corrected chi connectivity index (χ0v) is 75.4. The van der Waals surface area contributed by atoms with Crippen LogP contribution in [0.5, 0.6) is 5.75 Å². The molecule has 3 fully saturated rings. The summed E-state index contributed by atoms with van der Waals surface area (Å²) >= 11 is 0.780. The lowest BCUT2D eigenvalue weighted by atomic mass is 10.00. The Kier molecular flexibility index (Phi) is 37.9. The number of hydrogen-bond donors (Lipinski definition) is 18. The molecule has 4 aliphatic heterocycles. The molecule has 131 heavy (non-hydrogen) atoms. The number of carbonyl (C=O) groups is 17. The Hall–Kier alpha value is -12.8. The van der Waals surface area contributed by atoms with Crippen LogP contribution in [0.2, 0.25) is 0 Å². The quantitative estimate of drug-likeness (QED) is 0.0327. The van der Waals surface area contributed by atoms with Crippen molar-refractivity contribution in [2.24, 2.45) is 16.5 Å². The smallest absolute Gasteiger partial charge is 0.303 e. The number of aromatic nitrogens is 2. The Morgan fingerprint density at radius 3 is 1.70 bits per heavy atom. The molecule has 0 saturated carbocycles. The highest BCUT2D eigenvalue weighted by molar-refractivity contribution is 8.00. The highest BCUT2D eigenvalue weighted by atomic mass is 32.2. The van der Waals surface area contributed by atoms with Gasteiger partial charge in [-0.3, -0.25) is 86.5 Å². The van der Waals surface area contributed by atoms with E-state index in [1.165, 1.54) is 65.5 Å². The normalized spacial score (nSPS) is 25.6. The van der Waals surface area contributed by atoms with Gasteiger partial charge in [0.25, 0.3) is 0 Å². The van der Waals surface area contributed by atoms with E-state index in [-0.39, 0.29) is 89.5 Å². The molecule has 15 atom stereocenters. The van der Waals surface area contributed by atoms with E-state index in [9.17, 15) is 68.4 Å². The zero-order valence-electron chi connectivity index (χ0n) is 74.6. The average Bonchev–Trinajstić information content (AvgIpc) is 1.61. The number of phenolic OH excluding ortho intramolecular Hbond substituents is 1. The van der Waals surface area contributed by atoms with E-state index in [2.05, 4.69) is 68.1 Å². The number of rotatable bonds is 24. The van der Waals surface area contributed by atoms with Crippen molar-refractivity contribution < 1.29 is 102 Å². The van der Waals surface area contributed by atoms with Gasteiger partial charge in [-0.25, -0.2) is 0 Å². The fraction of sp³-hybridized carbons (Fsp3) is 0.528. The summed E-state index contributed by atoms with van der Waals surface area (Å²) < 4.78 is 0. The third-order valence-corrected chi connectivity index (χ3v) is 24.9. The monoisotopic (exact) mass is 1840 g/mol. The molecule has 0 unspecified atom stereocenters. The first-order valence-electron chi connectivity index (χ1n) is 44.1. The largest absolute Gasteiger partial charge is 0.508 e. The number of carboxylic acid groups (broad SMARTS) is 1. The second kappa shape index (κ2) is 48.7. The Labute approximate surface area is 761 Å². The van der Waals surface area contributed by atoms with Crippen LogP contribution in [0.15, 0.2) is 102 Å². The van der Waals surface area contributed by atoms with Gasteiger partial charge in [0.15, 0.2) is 0 Å². The summed E-state index contributed by atoms with van der Waals surface area (Å²) in [6.07, 6.45) is 4.40. The highest BCUT2D eigenvalue weighted by Gasteiger charge is 2.47. The molecule has 0 bridgehead atoms. The number of aromatic hydroxyl groups is 1. The van der Waals surface area contributed by atoms with Crippen LogP contribution in [-0.4, -0.2) is 318 Å². The van der Waals surface area contributed by atoms with E-state index in [0.717, 1.165) is 36.3 Å². The number of aliphatic hydroxyl groups excluding tert-OH is 2. The number of aliphatic imine (C=N–C) groups is 1. The summed E-state index contributed by atoms with van der Waals surface area (Å²) in [6, 6.07) is -1.72. The first kappa shape index (κ1) is 102. The first-order valence-corrected chi connectivity index (χ1v) is 45.3. The van der Waals surface area contributed by atoms with Crippen LogP contribution in [0.4, 0.5) is 0 Å². The zero-order chi connectivity index (χ0) is 95.4. The summed E-state index contributed by atoms with van der Waals surface area (Å²) in [7, 11) is 3.93. The Bertz CT molecular complexity index is 5020. The Morgan fingerprint density at radius 2 is 1.10 bits per heavy atom. The first-order chi connectivity index (χ1) is 62.5. The Balaban J connectivity index is 1.08. The number of fused-ring (bicyclic) bond motifs is 4. The SMILES string of the molecule is CCCC[C@H]1C(=O)N(C)[C@@H](CCCC)C(=O)N[C@@H](C)C(=O)N[C@H](C(=O)NCC(N)=O)CSCC(=O)N[C@@H](Cc2ccc(O)cc2)C(=O)N(C)[C@@H](C)C(=O)N[C@@H](CCC(=O)O)C(=O)N2CCC[C@H]2C(=O)N[C@@H](CC2=CN=CC2)C(=O)N[C@@H](CCCN)C(=O)N2C[C@H](O)C[C@H]2C(=O)N[C@@H](Cc2c[nH]c3ccccc23)C(=O)N[C@@H](CO)C(=O)N[C@@H](Cc2c[nH]c3ccccc23)C(=O)N1C. The minimum atomic E-state index is -1.88. The lowest BCUT2D eigenvalue weighted by Gasteiger charge is -2.36. The number of benzene rings is 3. The van der Waals surface area contributed by atoms with Crippen LogP contribution in [0.1, 0.15) is 141 Å². The second-order valence-corrected chi connectivity index (χ2v) is 34.5. The molecule has 0 aliphatic carbocycles. The number of aliphatic carboxylic acids is 1. The molecule has 4 aliphatic rings. The van der Waals surface area contributed by atoms with Crippen molar-refractivity contribution in [3.05, 3.63) is 114 Å². The van der Waals surface area contributed by atoms with E-state index in [1.807, 2.05) is 13.8 Å². The number of nitrogens with one attached hydrogen (secondary N) is 12. The summed E-state index contributed by atoms with van der Waals surface area (Å²) in [6.45, 7) is 3.89. The van der Waals surface area contributed by atoms with E-state index in [1.54, 1.807) is 67.1 Å². The maximum Gasteiger partial charge on any atom is 0.303 e. The van der Waals surface area contributed by atoms with Crippen LogP contribution < -0.4 is 64.6 Å². The van der Waals surface area contributed by atoms with Gasteiger partial charge in [0, 0.05) is 125 Å². The predicted octanol–water partition coefficient (Wildman–Crippen LogP) is -1.71. The van der Waals surface area contributed by atoms with E-state index in [0.29, 0.717) is 69.8 Å².